The molecule has 2 aliphatic heterocycles. The van der Waals surface area contributed by atoms with Gasteiger partial charge in [0.2, 0.25) is 5.91 Å². The first kappa shape index (κ1) is 18.2. The number of thiazole rings is 1. The fraction of sp³-hybridized carbons (Fsp3) is 0.429. The second-order valence-electron chi connectivity index (χ2n) is 7.51. The fourth-order valence-corrected chi connectivity index (χ4v) is 4.94. The molecule has 2 atom stereocenters. The zero-order chi connectivity index (χ0) is 18.7. The van der Waals surface area contributed by atoms with E-state index in [0.717, 1.165) is 49.6 Å². The summed E-state index contributed by atoms with van der Waals surface area (Å²) in [6, 6.07) is 9.86. The van der Waals surface area contributed by atoms with Crippen LogP contribution in [0, 0.1) is 5.41 Å². The largest absolute Gasteiger partial charge is 0.392 e. The summed E-state index contributed by atoms with van der Waals surface area (Å²) in [5, 5.41) is 13.8. The highest BCUT2D eigenvalue weighted by Crippen LogP contribution is 2.40. The van der Waals surface area contributed by atoms with Crippen molar-refractivity contribution >= 4 is 28.5 Å². The predicted octanol–water partition coefficient (Wildman–Crippen LogP) is 3.04. The SMILES string of the molecule is O=C(/C=C/c1ccccc1)N1CCC[C@]2(C1)CN(c1nccs1)CC[C@H]2O. The Morgan fingerprint density at radius 2 is 2.11 bits per heavy atom. The number of rotatable bonds is 3. The average molecular weight is 384 g/mol. The second-order valence-corrected chi connectivity index (χ2v) is 8.38. The minimum absolute atomic E-state index is 0.0245. The van der Waals surface area contributed by atoms with Crippen LogP contribution in [0.25, 0.3) is 6.08 Å². The maximum Gasteiger partial charge on any atom is 0.246 e. The summed E-state index contributed by atoms with van der Waals surface area (Å²) in [4.78, 5) is 21.3. The summed E-state index contributed by atoms with van der Waals surface area (Å²) in [6.45, 7) is 2.93. The molecule has 0 unspecified atom stereocenters. The van der Waals surface area contributed by atoms with E-state index < -0.39 is 0 Å². The summed E-state index contributed by atoms with van der Waals surface area (Å²) in [5.74, 6) is 0.0245. The van der Waals surface area contributed by atoms with Crippen molar-refractivity contribution in [2.75, 3.05) is 31.1 Å². The number of hydrogen-bond donors (Lipinski definition) is 1. The molecule has 6 heteroatoms. The first-order chi connectivity index (χ1) is 13.2. The summed E-state index contributed by atoms with van der Waals surface area (Å²) >= 11 is 1.63. The first-order valence-corrected chi connectivity index (χ1v) is 10.4. The second kappa shape index (κ2) is 7.82. The molecule has 2 saturated heterocycles. The van der Waals surface area contributed by atoms with E-state index in [1.54, 1.807) is 17.4 Å². The number of likely N-dealkylation sites (tertiary alicyclic amines) is 1. The van der Waals surface area contributed by atoms with Crippen molar-refractivity contribution in [1.29, 1.82) is 0 Å². The van der Waals surface area contributed by atoms with Gasteiger partial charge in [0.05, 0.1) is 6.10 Å². The van der Waals surface area contributed by atoms with Crippen molar-refractivity contribution in [2.24, 2.45) is 5.41 Å². The summed E-state index contributed by atoms with van der Waals surface area (Å²) < 4.78 is 0. The fourth-order valence-electron chi connectivity index (χ4n) is 4.27. The highest BCUT2D eigenvalue weighted by molar-refractivity contribution is 7.13. The van der Waals surface area contributed by atoms with Crippen LogP contribution in [0.2, 0.25) is 0 Å². The number of aromatic nitrogens is 1. The molecule has 1 aromatic carbocycles. The Balaban J connectivity index is 1.47. The molecule has 0 radical (unpaired) electrons. The zero-order valence-electron chi connectivity index (χ0n) is 15.3. The molecule has 2 fully saturated rings. The number of anilines is 1. The highest BCUT2D eigenvalue weighted by Gasteiger charge is 2.46. The van der Waals surface area contributed by atoms with Crippen LogP contribution < -0.4 is 4.90 Å². The van der Waals surface area contributed by atoms with Gasteiger partial charge in [0, 0.05) is 49.2 Å². The Labute approximate surface area is 164 Å². The van der Waals surface area contributed by atoms with Gasteiger partial charge < -0.3 is 14.9 Å². The third-order valence-electron chi connectivity index (χ3n) is 5.71. The molecule has 1 N–H and O–H groups in total. The number of aliphatic hydroxyl groups excluding tert-OH is 1. The minimum Gasteiger partial charge on any atom is -0.392 e. The summed E-state index contributed by atoms with van der Waals surface area (Å²) in [5.41, 5.74) is 0.753. The number of hydrogen-bond acceptors (Lipinski definition) is 5. The van der Waals surface area contributed by atoms with Crippen molar-refractivity contribution < 1.29 is 9.90 Å². The maximum atomic E-state index is 12.7. The molecule has 2 aromatic rings. The summed E-state index contributed by atoms with van der Waals surface area (Å²) in [7, 11) is 0. The molecule has 0 aliphatic carbocycles. The number of nitrogens with zero attached hydrogens (tertiary/aromatic N) is 3. The van der Waals surface area contributed by atoms with E-state index in [1.807, 2.05) is 52.9 Å². The molecule has 1 amide bonds. The Bertz CT molecular complexity index is 793. The number of carbonyl (C=O) groups excluding carboxylic acids is 1. The molecule has 1 aromatic heterocycles. The molecule has 0 saturated carbocycles. The molecule has 1 spiro atoms. The Morgan fingerprint density at radius 3 is 2.89 bits per heavy atom. The quantitative estimate of drug-likeness (QED) is 0.828. The van der Waals surface area contributed by atoms with Crippen LogP contribution in [-0.2, 0) is 4.79 Å². The van der Waals surface area contributed by atoms with Gasteiger partial charge in [0.15, 0.2) is 5.13 Å². The molecule has 27 heavy (non-hydrogen) atoms. The van der Waals surface area contributed by atoms with E-state index in [9.17, 15) is 9.90 Å². The van der Waals surface area contributed by atoms with Crippen LogP contribution in [0.5, 0.6) is 0 Å². The summed E-state index contributed by atoms with van der Waals surface area (Å²) in [6.07, 6.45) is 7.56. The number of piperidine rings is 2. The number of benzene rings is 1. The first-order valence-electron chi connectivity index (χ1n) is 9.51. The Hall–Kier alpha value is -2.18. The van der Waals surface area contributed by atoms with Gasteiger partial charge in [0.1, 0.15) is 0 Å². The normalized spacial score (nSPS) is 26.0. The lowest BCUT2D eigenvalue weighted by Gasteiger charge is -2.50. The van der Waals surface area contributed by atoms with E-state index in [2.05, 4.69) is 9.88 Å². The van der Waals surface area contributed by atoms with Crippen LogP contribution >= 0.6 is 11.3 Å². The third-order valence-corrected chi connectivity index (χ3v) is 6.55. The molecule has 0 bridgehead atoms. The molecular weight excluding hydrogens is 358 g/mol. The van der Waals surface area contributed by atoms with Gasteiger partial charge >= 0.3 is 0 Å². The van der Waals surface area contributed by atoms with E-state index in [0.29, 0.717) is 6.54 Å². The topological polar surface area (TPSA) is 56.7 Å². The van der Waals surface area contributed by atoms with Crippen molar-refractivity contribution in [3.8, 4) is 0 Å². The van der Waals surface area contributed by atoms with Crippen molar-refractivity contribution in [3.05, 3.63) is 53.5 Å². The van der Waals surface area contributed by atoms with E-state index in [1.165, 1.54) is 0 Å². The van der Waals surface area contributed by atoms with E-state index in [4.69, 9.17) is 0 Å². The van der Waals surface area contributed by atoms with E-state index >= 15 is 0 Å². The van der Waals surface area contributed by atoms with Crippen LogP contribution in [0.3, 0.4) is 0 Å². The van der Waals surface area contributed by atoms with Gasteiger partial charge in [-0.2, -0.15) is 0 Å². The van der Waals surface area contributed by atoms with Crippen LogP contribution in [-0.4, -0.2) is 53.2 Å². The zero-order valence-corrected chi connectivity index (χ0v) is 16.1. The molecule has 142 valence electrons. The highest BCUT2D eigenvalue weighted by atomic mass is 32.1. The molecule has 3 heterocycles. The van der Waals surface area contributed by atoms with Crippen LogP contribution in [0.4, 0.5) is 5.13 Å². The minimum atomic E-state index is -0.373. The Morgan fingerprint density at radius 1 is 1.26 bits per heavy atom. The number of aliphatic hydroxyl groups is 1. The molecular formula is C21H25N3O2S. The lowest BCUT2D eigenvalue weighted by Crippen LogP contribution is -2.59. The smallest absolute Gasteiger partial charge is 0.246 e. The van der Waals surface area contributed by atoms with Crippen LogP contribution in [0.15, 0.2) is 48.0 Å². The third kappa shape index (κ3) is 3.92. The van der Waals surface area contributed by atoms with Crippen molar-refractivity contribution in [1.82, 2.24) is 9.88 Å². The predicted molar refractivity (Wildman–Crippen MR) is 109 cm³/mol. The maximum absolute atomic E-state index is 12.7. The van der Waals surface area contributed by atoms with Gasteiger partial charge in [0.25, 0.3) is 0 Å². The number of carbonyl (C=O) groups is 1. The monoisotopic (exact) mass is 383 g/mol. The standard InChI is InChI=1S/C21H25N3O2S/c25-18-9-13-24(20-22-11-14-27-20)16-21(18)10-4-12-23(15-21)19(26)8-7-17-5-2-1-3-6-17/h1-3,5-8,11,14,18,25H,4,9-10,12-13,15-16H2/b8-7+/t18-,21+/m1/s1. The van der Waals surface area contributed by atoms with Gasteiger partial charge in [-0.25, -0.2) is 4.98 Å². The van der Waals surface area contributed by atoms with Gasteiger partial charge in [-0.05, 0) is 30.9 Å². The number of amides is 1. The Kier molecular flexibility index (Phi) is 5.27. The van der Waals surface area contributed by atoms with Crippen molar-refractivity contribution in [2.45, 2.75) is 25.4 Å². The van der Waals surface area contributed by atoms with Crippen LogP contribution in [0.1, 0.15) is 24.8 Å². The van der Waals surface area contributed by atoms with Gasteiger partial charge in [-0.3, -0.25) is 4.79 Å². The molecule has 5 nitrogen and oxygen atoms in total. The molecule has 2 aliphatic rings. The van der Waals surface area contributed by atoms with E-state index in [-0.39, 0.29) is 17.4 Å². The lowest BCUT2D eigenvalue weighted by molar-refractivity contribution is -0.132. The average Bonchev–Trinajstić information content (AvgIpc) is 3.24. The van der Waals surface area contributed by atoms with Gasteiger partial charge in [-0.1, -0.05) is 30.3 Å². The lowest BCUT2D eigenvalue weighted by atomic mass is 9.71. The molecule has 4 rings (SSSR count). The van der Waals surface area contributed by atoms with Crippen molar-refractivity contribution in [3.63, 3.8) is 0 Å². The van der Waals surface area contributed by atoms with Gasteiger partial charge in [-0.15, -0.1) is 11.3 Å².